The predicted octanol–water partition coefficient (Wildman–Crippen LogP) is 2.86. The number of benzene rings is 2. The normalized spacial score (nSPS) is 20.6. The fourth-order valence-corrected chi connectivity index (χ4v) is 4.97. The first-order chi connectivity index (χ1) is 14.2. The Morgan fingerprint density at radius 2 is 1.83 bits per heavy atom. The molecule has 0 spiro atoms. The van der Waals surface area contributed by atoms with Crippen LogP contribution in [0.4, 0.5) is 5.69 Å². The number of anilines is 1. The number of hydrogen-bond acceptors (Lipinski definition) is 5. The number of amides is 2. The smallest absolute Gasteiger partial charge is 0.282 e. The van der Waals surface area contributed by atoms with Crippen LogP contribution < -0.4 is 4.90 Å². The monoisotopic (exact) mass is 406 g/mol. The summed E-state index contributed by atoms with van der Waals surface area (Å²) in [6.07, 6.45) is 2.20. The molecule has 0 radical (unpaired) electrons. The van der Waals surface area contributed by atoms with Gasteiger partial charge >= 0.3 is 0 Å². The van der Waals surface area contributed by atoms with Crippen molar-refractivity contribution in [3.63, 3.8) is 0 Å². The largest absolute Gasteiger partial charge is 0.334 e. The molecule has 3 aromatic rings. The highest BCUT2D eigenvalue weighted by Crippen LogP contribution is 2.31. The third-order valence-corrected chi connectivity index (χ3v) is 6.66. The Kier molecular flexibility index (Phi) is 4.77. The maximum atomic E-state index is 12.8. The van der Waals surface area contributed by atoms with Gasteiger partial charge in [0.25, 0.3) is 5.91 Å². The highest BCUT2D eigenvalue weighted by atomic mass is 32.1. The summed E-state index contributed by atoms with van der Waals surface area (Å²) in [5.41, 5.74) is 0.994. The van der Waals surface area contributed by atoms with Crippen molar-refractivity contribution in [1.29, 1.82) is 0 Å². The van der Waals surface area contributed by atoms with Crippen LogP contribution >= 0.6 is 11.3 Å². The molecule has 0 aliphatic carbocycles. The summed E-state index contributed by atoms with van der Waals surface area (Å²) in [6, 6.07) is 14.5. The summed E-state index contributed by atoms with van der Waals surface area (Å²) in [5.74, 6) is 0.187. The summed E-state index contributed by atoms with van der Waals surface area (Å²) < 4.78 is 0. The first-order valence-electron chi connectivity index (χ1n) is 9.91. The van der Waals surface area contributed by atoms with E-state index in [0.29, 0.717) is 31.1 Å². The molecular weight excluding hydrogens is 384 g/mol. The molecule has 1 aromatic heterocycles. The van der Waals surface area contributed by atoms with E-state index in [2.05, 4.69) is 28.1 Å². The Morgan fingerprint density at radius 1 is 1.03 bits per heavy atom. The van der Waals surface area contributed by atoms with Crippen molar-refractivity contribution < 1.29 is 9.59 Å². The van der Waals surface area contributed by atoms with Gasteiger partial charge in [-0.05, 0) is 11.5 Å². The van der Waals surface area contributed by atoms with Crippen molar-refractivity contribution in [1.82, 2.24) is 14.8 Å². The first-order valence-corrected chi connectivity index (χ1v) is 10.8. The van der Waals surface area contributed by atoms with E-state index in [-0.39, 0.29) is 17.9 Å². The SMILES string of the molecule is O=C(c1nccs1)N1CCN(C2CC(=O)N(c3cccc4ccccc34)C2)CC1. The lowest BCUT2D eigenvalue weighted by Crippen LogP contribution is -2.52. The van der Waals surface area contributed by atoms with Crippen LogP contribution in [-0.4, -0.2) is 65.4 Å². The average molecular weight is 407 g/mol. The lowest BCUT2D eigenvalue weighted by atomic mass is 10.1. The van der Waals surface area contributed by atoms with Crippen molar-refractivity contribution in [2.75, 3.05) is 37.6 Å². The zero-order valence-corrected chi connectivity index (χ0v) is 16.8. The number of fused-ring (bicyclic) bond motifs is 1. The van der Waals surface area contributed by atoms with Gasteiger partial charge in [0.05, 0.1) is 5.69 Å². The summed E-state index contributed by atoms with van der Waals surface area (Å²) in [7, 11) is 0. The molecule has 2 aromatic carbocycles. The van der Waals surface area contributed by atoms with Crippen LogP contribution in [0, 0.1) is 0 Å². The van der Waals surface area contributed by atoms with Gasteiger partial charge < -0.3 is 9.80 Å². The van der Waals surface area contributed by atoms with Crippen LogP contribution in [0.15, 0.2) is 54.0 Å². The topological polar surface area (TPSA) is 56.8 Å². The van der Waals surface area contributed by atoms with E-state index >= 15 is 0 Å². The maximum absolute atomic E-state index is 12.8. The second kappa shape index (κ2) is 7.57. The Balaban J connectivity index is 1.27. The Hall–Kier alpha value is -2.77. The molecule has 5 rings (SSSR count). The molecule has 148 valence electrons. The lowest BCUT2D eigenvalue weighted by Gasteiger charge is -2.37. The van der Waals surface area contributed by atoms with E-state index in [0.717, 1.165) is 29.5 Å². The lowest BCUT2D eigenvalue weighted by molar-refractivity contribution is -0.117. The number of piperazine rings is 1. The second-order valence-corrected chi connectivity index (χ2v) is 8.42. The maximum Gasteiger partial charge on any atom is 0.282 e. The molecule has 1 atom stereocenters. The molecule has 0 saturated carbocycles. The van der Waals surface area contributed by atoms with Gasteiger partial charge in [-0.25, -0.2) is 4.98 Å². The molecular formula is C22H22N4O2S. The van der Waals surface area contributed by atoms with Crippen molar-refractivity contribution in [3.05, 3.63) is 59.0 Å². The molecule has 2 saturated heterocycles. The molecule has 2 fully saturated rings. The second-order valence-electron chi connectivity index (χ2n) is 7.53. The van der Waals surface area contributed by atoms with Gasteiger partial charge in [0, 0.05) is 62.1 Å². The first kappa shape index (κ1) is 18.3. The average Bonchev–Trinajstić information content (AvgIpc) is 3.43. The number of rotatable bonds is 3. The summed E-state index contributed by atoms with van der Waals surface area (Å²) >= 11 is 1.38. The van der Waals surface area contributed by atoms with Crippen LogP contribution in [-0.2, 0) is 4.79 Å². The van der Waals surface area contributed by atoms with E-state index in [1.807, 2.05) is 39.4 Å². The Morgan fingerprint density at radius 3 is 2.62 bits per heavy atom. The van der Waals surface area contributed by atoms with Crippen molar-refractivity contribution in [2.45, 2.75) is 12.5 Å². The van der Waals surface area contributed by atoms with E-state index in [1.54, 1.807) is 6.20 Å². The van der Waals surface area contributed by atoms with Gasteiger partial charge in [-0.2, -0.15) is 0 Å². The van der Waals surface area contributed by atoms with Gasteiger partial charge in [-0.3, -0.25) is 14.5 Å². The van der Waals surface area contributed by atoms with Gasteiger partial charge in [-0.15, -0.1) is 11.3 Å². The molecule has 2 amide bonds. The summed E-state index contributed by atoms with van der Waals surface area (Å²) in [4.78, 5) is 35.6. The van der Waals surface area contributed by atoms with Crippen LogP contribution in [0.1, 0.15) is 16.2 Å². The van der Waals surface area contributed by atoms with Crippen LogP contribution in [0.5, 0.6) is 0 Å². The highest BCUT2D eigenvalue weighted by Gasteiger charge is 2.36. The summed E-state index contributed by atoms with van der Waals surface area (Å²) in [6.45, 7) is 3.64. The zero-order valence-electron chi connectivity index (χ0n) is 16.0. The number of thiazole rings is 1. The Bertz CT molecular complexity index is 1040. The van der Waals surface area contributed by atoms with Gasteiger partial charge in [0.1, 0.15) is 0 Å². The van der Waals surface area contributed by atoms with Gasteiger partial charge in [0.15, 0.2) is 5.01 Å². The standard InChI is InChI=1S/C22H22N4O2S/c27-20-14-17(15-26(20)19-7-3-5-16-4-1-2-6-18(16)19)24-9-11-25(12-10-24)22(28)21-23-8-13-29-21/h1-8,13,17H,9-12,14-15H2. The van der Waals surface area contributed by atoms with Crippen LogP contribution in [0.25, 0.3) is 10.8 Å². The number of nitrogens with zero attached hydrogens (tertiary/aromatic N) is 4. The Labute approximate surface area is 173 Å². The predicted molar refractivity (Wildman–Crippen MR) is 114 cm³/mol. The van der Waals surface area contributed by atoms with Gasteiger partial charge in [0.2, 0.25) is 5.91 Å². The minimum absolute atomic E-state index is 0.0135. The minimum atomic E-state index is 0.0135. The highest BCUT2D eigenvalue weighted by molar-refractivity contribution is 7.11. The molecule has 0 bridgehead atoms. The molecule has 2 aliphatic rings. The number of aromatic nitrogens is 1. The molecule has 7 heteroatoms. The van der Waals surface area contributed by atoms with E-state index < -0.39 is 0 Å². The van der Waals surface area contributed by atoms with Crippen molar-refractivity contribution >= 4 is 39.6 Å². The van der Waals surface area contributed by atoms with Crippen molar-refractivity contribution in [3.8, 4) is 0 Å². The molecule has 29 heavy (non-hydrogen) atoms. The fraction of sp³-hybridized carbons (Fsp3) is 0.318. The fourth-order valence-electron chi connectivity index (χ4n) is 4.36. The number of hydrogen-bond donors (Lipinski definition) is 0. The summed E-state index contributed by atoms with van der Waals surface area (Å²) in [5, 5.41) is 4.64. The van der Waals surface area contributed by atoms with Gasteiger partial charge in [-0.1, -0.05) is 36.4 Å². The van der Waals surface area contributed by atoms with E-state index in [9.17, 15) is 9.59 Å². The van der Waals surface area contributed by atoms with Crippen molar-refractivity contribution in [2.24, 2.45) is 0 Å². The third kappa shape index (κ3) is 3.41. The van der Waals surface area contributed by atoms with Crippen LogP contribution in [0.2, 0.25) is 0 Å². The number of carbonyl (C=O) groups excluding carboxylic acids is 2. The number of carbonyl (C=O) groups is 2. The zero-order chi connectivity index (χ0) is 19.8. The third-order valence-electron chi connectivity index (χ3n) is 5.90. The molecule has 6 nitrogen and oxygen atoms in total. The van der Waals surface area contributed by atoms with E-state index in [4.69, 9.17) is 0 Å². The van der Waals surface area contributed by atoms with E-state index in [1.165, 1.54) is 11.3 Å². The quantitative estimate of drug-likeness (QED) is 0.671. The minimum Gasteiger partial charge on any atom is -0.334 e. The molecule has 0 N–H and O–H groups in total. The van der Waals surface area contributed by atoms with Crippen LogP contribution in [0.3, 0.4) is 0 Å². The molecule has 3 heterocycles. The molecule has 2 aliphatic heterocycles. The molecule has 1 unspecified atom stereocenters.